The number of benzene rings is 1. The van der Waals surface area contributed by atoms with Crippen molar-refractivity contribution >= 4 is 5.91 Å². The van der Waals surface area contributed by atoms with E-state index in [1.807, 2.05) is 23.7 Å². The molecule has 6 nitrogen and oxygen atoms in total. The Bertz CT molecular complexity index is 784. The average molecular weight is 354 g/mol. The predicted octanol–water partition coefficient (Wildman–Crippen LogP) is 1.91. The lowest BCUT2D eigenvalue weighted by Crippen LogP contribution is -2.33. The summed E-state index contributed by atoms with van der Waals surface area (Å²) in [6, 6.07) is 8.37. The molecule has 2 aliphatic carbocycles. The van der Waals surface area contributed by atoms with Crippen LogP contribution in [0, 0.1) is 5.92 Å². The van der Waals surface area contributed by atoms with Gasteiger partial charge in [-0.2, -0.15) is 0 Å². The van der Waals surface area contributed by atoms with Gasteiger partial charge in [0.05, 0.1) is 12.5 Å². The number of nitrogens with zero attached hydrogens (tertiary/aromatic N) is 3. The third-order valence-corrected chi connectivity index (χ3v) is 5.69. The zero-order chi connectivity index (χ0) is 18.1. The van der Waals surface area contributed by atoms with Crippen molar-refractivity contribution in [1.29, 1.82) is 0 Å². The van der Waals surface area contributed by atoms with Crippen LogP contribution in [0.25, 0.3) is 0 Å². The molecule has 2 fully saturated rings. The summed E-state index contributed by atoms with van der Waals surface area (Å²) in [4.78, 5) is 12.3. The van der Waals surface area contributed by atoms with E-state index in [-0.39, 0.29) is 17.7 Å². The third-order valence-electron chi connectivity index (χ3n) is 5.69. The van der Waals surface area contributed by atoms with Gasteiger partial charge < -0.3 is 15.0 Å². The maximum Gasteiger partial charge on any atom is 0.224 e. The van der Waals surface area contributed by atoms with E-state index < -0.39 is 6.10 Å². The fourth-order valence-electron chi connectivity index (χ4n) is 4.06. The van der Waals surface area contributed by atoms with Gasteiger partial charge >= 0.3 is 0 Å². The molecule has 3 atom stereocenters. The van der Waals surface area contributed by atoms with Crippen LogP contribution in [0.4, 0.5) is 0 Å². The zero-order valence-electron chi connectivity index (χ0n) is 15.1. The van der Waals surface area contributed by atoms with Crippen molar-refractivity contribution in [3.63, 3.8) is 0 Å². The molecule has 1 aromatic carbocycles. The van der Waals surface area contributed by atoms with Gasteiger partial charge in [-0.25, -0.2) is 0 Å². The summed E-state index contributed by atoms with van der Waals surface area (Å²) in [5, 5.41) is 21.4. The van der Waals surface area contributed by atoms with E-state index in [1.54, 1.807) is 6.33 Å². The number of hydrogen-bond acceptors (Lipinski definition) is 4. The molecule has 0 saturated heterocycles. The van der Waals surface area contributed by atoms with Crippen molar-refractivity contribution < 1.29 is 9.90 Å². The summed E-state index contributed by atoms with van der Waals surface area (Å²) in [6.07, 6.45) is 5.71. The zero-order valence-corrected chi connectivity index (χ0v) is 15.1. The molecule has 2 aromatic rings. The van der Waals surface area contributed by atoms with Crippen molar-refractivity contribution in [3.05, 3.63) is 47.5 Å². The predicted molar refractivity (Wildman–Crippen MR) is 97.6 cm³/mol. The van der Waals surface area contributed by atoms with Gasteiger partial charge in [0.25, 0.3) is 0 Å². The van der Waals surface area contributed by atoms with Gasteiger partial charge in [-0.05, 0) is 42.7 Å². The maximum atomic E-state index is 12.3. The Kier molecular flexibility index (Phi) is 4.76. The second kappa shape index (κ2) is 7.19. The summed E-state index contributed by atoms with van der Waals surface area (Å²) >= 11 is 0. The number of amides is 1. The molecule has 2 aliphatic rings. The highest BCUT2D eigenvalue weighted by molar-refractivity contribution is 5.78. The molecule has 1 heterocycles. The molecule has 2 saturated carbocycles. The van der Waals surface area contributed by atoms with Crippen molar-refractivity contribution in [2.75, 3.05) is 6.54 Å². The first-order chi connectivity index (χ1) is 12.6. The Hall–Kier alpha value is -2.21. The lowest BCUT2D eigenvalue weighted by molar-refractivity contribution is -0.120. The van der Waals surface area contributed by atoms with Gasteiger partial charge in [0.2, 0.25) is 5.91 Å². The number of aliphatic hydroxyl groups is 1. The smallest absolute Gasteiger partial charge is 0.224 e. The van der Waals surface area contributed by atoms with Crippen LogP contribution in [0.3, 0.4) is 0 Å². The van der Waals surface area contributed by atoms with Crippen molar-refractivity contribution in [2.45, 2.75) is 50.0 Å². The Balaban J connectivity index is 1.29. The standard InChI is InChI=1S/C20H26N4O2/c1-24-12-22-23-20(24)16-9-17(18(25)10-16)11-21-19(26)8-13-3-2-4-15(7-13)14-5-6-14/h2-4,7,12,14,16-18,25H,5-6,8-11H2,1H3,(H,21,26)/t16-,17+,18+/m0/s1. The molecule has 0 bridgehead atoms. The highest BCUT2D eigenvalue weighted by Gasteiger charge is 2.36. The minimum absolute atomic E-state index is 0.0206. The Labute approximate surface area is 153 Å². The van der Waals surface area contributed by atoms with Crippen LogP contribution in [0.2, 0.25) is 0 Å². The molecule has 26 heavy (non-hydrogen) atoms. The summed E-state index contributed by atoms with van der Waals surface area (Å²) in [5.41, 5.74) is 2.42. The van der Waals surface area contributed by atoms with E-state index in [0.29, 0.717) is 25.3 Å². The largest absolute Gasteiger partial charge is 0.393 e. The second-order valence-electron chi connectivity index (χ2n) is 7.80. The number of hydrogen-bond donors (Lipinski definition) is 2. The van der Waals surface area contributed by atoms with Crippen LogP contribution in [0.5, 0.6) is 0 Å². The molecule has 4 rings (SSSR count). The Morgan fingerprint density at radius 2 is 2.15 bits per heavy atom. The first kappa shape index (κ1) is 17.2. The molecular weight excluding hydrogens is 328 g/mol. The second-order valence-corrected chi connectivity index (χ2v) is 7.80. The molecule has 138 valence electrons. The quantitative estimate of drug-likeness (QED) is 0.830. The minimum atomic E-state index is -0.407. The summed E-state index contributed by atoms with van der Waals surface area (Å²) in [5.74, 6) is 1.90. The van der Waals surface area contributed by atoms with Gasteiger partial charge in [0, 0.05) is 25.4 Å². The van der Waals surface area contributed by atoms with E-state index in [0.717, 1.165) is 17.8 Å². The van der Waals surface area contributed by atoms with E-state index >= 15 is 0 Å². The molecule has 2 N–H and O–H groups in total. The highest BCUT2D eigenvalue weighted by atomic mass is 16.3. The minimum Gasteiger partial charge on any atom is -0.393 e. The third kappa shape index (κ3) is 3.80. The molecule has 0 spiro atoms. The van der Waals surface area contributed by atoms with Crippen molar-refractivity contribution in [1.82, 2.24) is 20.1 Å². The number of carbonyl (C=O) groups excluding carboxylic acids is 1. The topological polar surface area (TPSA) is 80.0 Å². The monoisotopic (exact) mass is 354 g/mol. The molecule has 1 aromatic heterocycles. The normalized spacial score (nSPS) is 25.4. The number of aromatic nitrogens is 3. The number of rotatable bonds is 6. The van der Waals surface area contributed by atoms with Gasteiger partial charge in [0.1, 0.15) is 12.2 Å². The van der Waals surface area contributed by atoms with Gasteiger partial charge in [0.15, 0.2) is 0 Å². The van der Waals surface area contributed by atoms with Gasteiger partial charge in [-0.1, -0.05) is 24.3 Å². The van der Waals surface area contributed by atoms with Crippen LogP contribution in [0.1, 0.15) is 54.5 Å². The number of carbonyl (C=O) groups is 1. The number of aliphatic hydroxyl groups excluding tert-OH is 1. The van der Waals surface area contributed by atoms with Crippen LogP contribution in [0.15, 0.2) is 30.6 Å². The lowest BCUT2D eigenvalue weighted by atomic mass is 10.0. The van der Waals surface area contributed by atoms with Crippen LogP contribution in [-0.2, 0) is 18.3 Å². The molecular formula is C20H26N4O2. The average Bonchev–Trinajstić information content (AvgIpc) is 3.29. The molecule has 0 aliphatic heterocycles. The first-order valence-electron chi connectivity index (χ1n) is 9.47. The number of nitrogens with one attached hydrogen (secondary N) is 1. The SMILES string of the molecule is Cn1cnnc1[C@H]1C[C@H](CNC(=O)Cc2cccc(C3CC3)c2)[C@H](O)C1. The fourth-order valence-corrected chi connectivity index (χ4v) is 4.06. The molecule has 0 unspecified atom stereocenters. The van der Waals surface area contributed by atoms with Gasteiger partial charge in [-0.15, -0.1) is 10.2 Å². The van der Waals surface area contributed by atoms with E-state index in [9.17, 15) is 9.90 Å². The van der Waals surface area contributed by atoms with Crippen LogP contribution >= 0.6 is 0 Å². The molecule has 6 heteroatoms. The molecule has 0 radical (unpaired) electrons. The van der Waals surface area contributed by atoms with Crippen molar-refractivity contribution in [2.24, 2.45) is 13.0 Å². The highest BCUT2D eigenvalue weighted by Crippen LogP contribution is 2.40. The summed E-state index contributed by atoms with van der Waals surface area (Å²) < 4.78 is 1.91. The lowest BCUT2D eigenvalue weighted by Gasteiger charge is -2.15. The van der Waals surface area contributed by atoms with E-state index in [4.69, 9.17) is 0 Å². The van der Waals surface area contributed by atoms with Gasteiger partial charge in [-0.3, -0.25) is 4.79 Å². The first-order valence-corrected chi connectivity index (χ1v) is 9.47. The van der Waals surface area contributed by atoms with E-state index in [2.05, 4.69) is 27.6 Å². The number of aryl methyl sites for hydroxylation is 1. The van der Waals surface area contributed by atoms with E-state index in [1.165, 1.54) is 18.4 Å². The summed E-state index contributed by atoms with van der Waals surface area (Å²) in [6.45, 7) is 0.511. The van der Waals surface area contributed by atoms with Crippen LogP contribution < -0.4 is 5.32 Å². The Morgan fingerprint density at radius 1 is 1.31 bits per heavy atom. The molecule has 1 amide bonds. The maximum absolute atomic E-state index is 12.3. The summed E-state index contributed by atoms with van der Waals surface area (Å²) in [7, 11) is 1.92. The van der Waals surface area contributed by atoms with Crippen molar-refractivity contribution in [3.8, 4) is 0 Å². The fraction of sp³-hybridized carbons (Fsp3) is 0.550. The van der Waals surface area contributed by atoms with Crippen LogP contribution in [-0.4, -0.2) is 38.4 Å². The Morgan fingerprint density at radius 3 is 2.88 bits per heavy atom.